The van der Waals surface area contributed by atoms with Crippen LogP contribution in [0.2, 0.25) is 0 Å². The fourth-order valence-electron chi connectivity index (χ4n) is 2.49. The molecule has 1 aromatic heterocycles. The lowest BCUT2D eigenvalue weighted by Gasteiger charge is -2.20. The van der Waals surface area contributed by atoms with E-state index in [1.165, 1.54) is 0 Å². The zero-order chi connectivity index (χ0) is 15.5. The molecule has 1 aliphatic heterocycles. The number of methoxy groups -OCH3 is 1. The fraction of sp³-hybridized carbons (Fsp3) is 0.733. The molecule has 1 saturated heterocycles. The summed E-state index contributed by atoms with van der Waals surface area (Å²) in [6.07, 6.45) is 1.13. The predicted molar refractivity (Wildman–Crippen MR) is 84.0 cm³/mol. The summed E-state index contributed by atoms with van der Waals surface area (Å²) in [7, 11) is 1.74. The molecule has 0 bridgehead atoms. The van der Waals surface area contributed by atoms with E-state index in [0.29, 0.717) is 12.5 Å². The number of thiazole rings is 1. The van der Waals surface area contributed by atoms with Gasteiger partial charge in [0.05, 0.1) is 18.9 Å². The van der Waals surface area contributed by atoms with Crippen LogP contribution in [0.1, 0.15) is 32.9 Å². The Hall–Kier alpha value is -1.14. The van der Waals surface area contributed by atoms with Crippen LogP contribution in [0.3, 0.4) is 0 Å². The third-order valence-corrected chi connectivity index (χ3v) is 4.78. The quantitative estimate of drug-likeness (QED) is 0.755. The smallest absolute Gasteiger partial charge is 0.317 e. The summed E-state index contributed by atoms with van der Waals surface area (Å²) in [6, 6.07) is 0. The van der Waals surface area contributed by atoms with Gasteiger partial charge < -0.3 is 14.4 Å². The van der Waals surface area contributed by atoms with Crippen LogP contribution in [0.25, 0.3) is 0 Å². The Morgan fingerprint density at radius 3 is 3.00 bits per heavy atom. The SMILES string of the molecule is CCOC(=O)C(C)(C)c1csc(N2CCC(COC)C2)n1. The van der Waals surface area contributed by atoms with Crippen LogP contribution < -0.4 is 4.90 Å². The van der Waals surface area contributed by atoms with Crippen molar-refractivity contribution in [3.05, 3.63) is 11.1 Å². The van der Waals surface area contributed by atoms with Crippen molar-refractivity contribution in [2.45, 2.75) is 32.6 Å². The number of carbonyl (C=O) groups is 1. The highest BCUT2D eigenvalue weighted by Gasteiger charge is 2.35. The van der Waals surface area contributed by atoms with Gasteiger partial charge >= 0.3 is 5.97 Å². The van der Waals surface area contributed by atoms with E-state index in [9.17, 15) is 4.79 Å². The molecule has 2 heterocycles. The average molecular weight is 312 g/mol. The van der Waals surface area contributed by atoms with Gasteiger partial charge in [-0.3, -0.25) is 4.79 Å². The van der Waals surface area contributed by atoms with Gasteiger partial charge in [-0.15, -0.1) is 11.3 Å². The van der Waals surface area contributed by atoms with Crippen molar-refractivity contribution in [2.75, 3.05) is 38.3 Å². The topological polar surface area (TPSA) is 51.7 Å². The molecular formula is C15H24N2O3S. The van der Waals surface area contributed by atoms with E-state index < -0.39 is 5.41 Å². The van der Waals surface area contributed by atoms with E-state index in [4.69, 9.17) is 9.47 Å². The minimum Gasteiger partial charge on any atom is -0.465 e. The molecule has 1 atom stereocenters. The first-order valence-corrected chi connectivity index (χ1v) is 8.24. The highest BCUT2D eigenvalue weighted by molar-refractivity contribution is 7.13. The molecular weight excluding hydrogens is 288 g/mol. The Kier molecular flexibility index (Phi) is 5.22. The molecule has 21 heavy (non-hydrogen) atoms. The maximum atomic E-state index is 12.0. The lowest BCUT2D eigenvalue weighted by molar-refractivity contribution is -0.148. The van der Waals surface area contributed by atoms with Gasteiger partial charge in [-0.2, -0.15) is 0 Å². The molecule has 1 aliphatic rings. The van der Waals surface area contributed by atoms with Crippen molar-refractivity contribution >= 4 is 22.4 Å². The van der Waals surface area contributed by atoms with Crippen molar-refractivity contribution in [1.29, 1.82) is 0 Å². The molecule has 0 N–H and O–H groups in total. The van der Waals surface area contributed by atoms with E-state index in [1.807, 2.05) is 26.2 Å². The molecule has 0 aromatic carbocycles. The minimum atomic E-state index is -0.698. The first kappa shape index (κ1) is 16.2. The van der Waals surface area contributed by atoms with Crippen molar-refractivity contribution in [3.8, 4) is 0 Å². The monoisotopic (exact) mass is 312 g/mol. The summed E-state index contributed by atoms with van der Waals surface area (Å²) in [5.74, 6) is 0.348. The average Bonchev–Trinajstić information content (AvgIpc) is 3.07. The van der Waals surface area contributed by atoms with Gasteiger partial charge in [-0.05, 0) is 27.2 Å². The first-order chi connectivity index (χ1) is 9.98. The summed E-state index contributed by atoms with van der Waals surface area (Å²) in [5.41, 5.74) is 0.0901. The maximum Gasteiger partial charge on any atom is 0.317 e. The van der Waals surface area contributed by atoms with Gasteiger partial charge in [0.2, 0.25) is 0 Å². The Morgan fingerprint density at radius 1 is 1.57 bits per heavy atom. The van der Waals surface area contributed by atoms with Gasteiger partial charge in [-0.1, -0.05) is 0 Å². The first-order valence-electron chi connectivity index (χ1n) is 7.36. The van der Waals surface area contributed by atoms with Crippen molar-refractivity contribution < 1.29 is 14.3 Å². The molecule has 5 nitrogen and oxygen atoms in total. The molecule has 1 fully saturated rings. The van der Waals surface area contributed by atoms with E-state index in [2.05, 4.69) is 9.88 Å². The number of anilines is 1. The molecule has 118 valence electrons. The summed E-state index contributed by atoms with van der Waals surface area (Å²) in [6.45, 7) is 8.71. The number of ether oxygens (including phenoxy) is 2. The van der Waals surface area contributed by atoms with Gasteiger partial charge in [-0.25, -0.2) is 4.98 Å². The molecule has 1 unspecified atom stereocenters. The third kappa shape index (κ3) is 3.55. The largest absolute Gasteiger partial charge is 0.465 e. The molecule has 2 rings (SSSR count). The molecule has 0 spiro atoms. The molecule has 1 aromatic rings. The second kappa shape index (κ2) is 6.75. The van der Waals surface area contributed by atoms with Crippen LogP contribution in [-0.2, 0) is 19.7 Å². The van der Waals surface area contributed by atoms with Crippen LogP contribution >= 0.6 is 11.3 Å². The minimum absolute atomic E-state index is 0.222. The summed E-state index contributed by atoms with van der Waals surface area (Å²) in [4.78, 5) is 19.0. The number of nitrogens with zero attached hydrogens (tertiary/aromatic N) is 2. The highest BCUT2D eigenvalue weighted by atomic mass is 32.1. The summed E-state index contributed by atoms with van der Waals surface area (Å²) < 4.78 is 10.4. The Balaban J connectivity index is 2.06. The zero-order valence-corrected chi connectivity index (χ0v) is 14.0. The van der Waals surface area contributed by atoms with E-state index in [-0.39, 0.29) is 5.97 Å². The standard InChI is InChI=1S/C15H24N2O3S/c1-5-20-13(18)15(2,3)12-10-21-14(16-12)17-7-6-11(8-17)9-19-4/h10-11H,5-9H2,1-4H3. The van der Waals surface area contributed by atoms with Crippen molar-refractivity contribution in [3.63, 3.8) is 0 Å². The summed E-state index contributed by atoms with van der Waals surface area (Å²) in [5, 5.41) is 2.96. The van der Waals surface area contributed by atoms with Crippen molar-refractivity contribution in [1.82, 2.24) is 4.98 Å². The van der Waals surface area contributed by atoms with Crippen LogP contribution in [0.4, 0.5) is 5.13 Å². The molecule has 0 aliphatic carbocycles. The van der Waals surface area contributed by atoms with Gasteiger partial charge in [0.15, 0.2) is 5.13 Å². The van der Waals surface area contributed by atoms with E-state index >= 15 is 0 Å². The molecule has 6 heteroatoms. The second-order valence-corrected chi connectivity index (χ2v) is 6.75. The van der Waals surface area contributed by atoms with Gasteiger partial charge in [0, 0.05) is 31.5 Å². The van der Waals surface area contributed by atoms with E-state index in [1.54, 1.807) is 18.4 Å². The lowest BCUT2D eigenvalue weighted by Crippen LogP contribution is -2.31. The Labute approximate surface area is 130 Å². The predicted octanol–water partition coefficient (Wildman–Crippen LogP) is 2.46. The number of hydrogen-bond donors (Lipinski definition) is 0. The van der Waals surface area contributed by atoms with E-state index in [0.717, 1.165) is 36.9 Å². The third-order valence-electron chi connectivity index (χ3n) is 3.88. The Morgan fingerprint density at radius 2 is 2.33 bits per heavy atom. The number of rotatable bonds is 6. The molecule has 0 radical (unpaired) electrons. The van der Waals surface area contributed by atoms with Gasteiger partial charge in [0.25, 0.3) is 0 Å². The van der Waals surface area contributed by atoms with Crippen LogP contribution in [0.15, 0.2) is 5.38 Å². The van der Waals surface area contributed by atoms with Crippen LogP contribution in [-0.4, -0.2) is 44.4 Å². The maximum absolute atomic E-state index is 12.0. The highest BCUT2D eigenvalue weighted by Crippen LogP contribution is 2.32. The zero-order valence-electron chi connectivity index (χ0n) is 13.2. The summed E-state index contributed by atoms with van der Waals surface area (Å²) >= 11 is 1.60. The lowest BCUT2D eigenvalue weighted by atomic mass is 9.90. The van der Waals surface area contributed by atoms with Crippen LogP contribution in [0, 0.1) is 5.92 Å². The normalized spacial score (nSPS) is 19.0. The number of aromatic nitrogens is 1. The number of carbonyl (C=O) groups excluding carboxylic acids is 1. The number of hydrogen-bond acceptors (Lipinski definition) is 6. The molecule has 0 amide bonds. The second-order valence-electron chi connectivity index (χ2n) is 5.92. The molecule has 0 saturated carbocycles. The number of esters is 1. The fourth-order valence-corrected chi connectivity index (χ4v) is 3.52. The van der Waals surface area contributed by atoms with Gasteiger partial charge in [0.1, 0.15) is 5.41 Å². The Bertz CT molecular complexity index is 487. The van der Waals surface area contributed by atoms with Crippen LogP contribution in [0.5, 0.6) is 0 Å². The van der Waals surface area contributed by atoms with Crippen molar-refractivity contribution in [2.24, 2.45) is 5.92 Å².